The number of rotatable bonds is 11. The highest BCUT2D eigenvalue weighted by Gasteiger charge is 2.00. The molecule has 0 aliphatic heterocycles. The molecular formula is C22H33IN4O2. The van der Waals surface area contributed by atoms with E-state index in [0.29, 0.717) is 13.2 Å². The molecule has 2 N–H and O–H groups in total. The zero-order valence-corrected chi connectivity index (χ0v) is 19.7. The van der Waals surface area contributed by atoms with Crippen molar-refractivity contribution in [1.82, 2.24) is 15.2 Å². The minimum atomic E-state index is 0. The lowest BCUT2D eigenvalue weighted by Gasteiger charge is -2.12. The van der Waals surface area contributed by atoms with E-state index in [-0.39, 0.29) is 29.5 Å². The van der Waals surface area contributed by atoms with Gasteiger partial charge in [0.25, 0.3) is 5.56 Å². The third-order valence-electron chi connectivity index (χ3n) is 4.30. The number of guanidine groups is 1. The highest BCUT2D eigenvalue weighted by Crippen LogP contribution is 2.08. The van der Waals surface area contributed by atoms with Crippen LogP contribution in [-0.4, -0.2) is 36.8 Å². The maximum absolute atomic E-state index is 11.9. The van der Waals surface area contributed by atoms with Gasteiger partial charge in [-0.2, -0.15) is 0 Å². The Morgan fingerprint density at radius 2 is 1.83 bits per heavy atom. The van der Waals surface area contributed by atoms with E-state index in [4.69, 9.17) is 4.74 Å². The summed E-state index contributed by atoms with van der Waals surface area (Å²) < 4.78 is 7.51. The monoisotopic (exact) mass is 512 g/mol. The molecule has 2 aromatic rings. The predicted octanol–water partition coefficient (Wildman–Crippen LogP) is 3.58. The Bertz CT molecular complexity index is 778. The number of nitrogens with one attached hydrogen (secondary N) is 2. The molecule has 6 nitrogen and oxygen atoms in total. The number of ether oxygens (including phenoxy) is 1. The van der Waals surface area contributed by atoms with Crippen LogP contribution in [0.1, 0.15) is 31.9 Å². The van der Waals surface area contributed by atoms with Crippen LogP contribution in [0.4, 0.5) is 0 Å². The van der Waals surface area contributed by atoms with E-state index >= 15 is 0 Å². The van der Waals surface area contributed by atoms with Gasteiger partial charge in [0.1, 0.15) is 5.75 Å². The number of halogens is 1. The predicted molar refractivity (Wildman–Crippen MR) is 131 cm³/mol. The fourth-order valence-electron chi connectivity index (χ4n) is 2.82. The molecule has 0 radical (unpaired) electrons. The second kappa shape index (κ2) is 14.9. The van der Waals surface area contributed by atoms with Crippen molar-refractivity contribution in [3.63, 3.8) is 0 Å². The van der Waals surface area contributed by atoms with Gasteiger partial charge in [-0.1, -0.05) is 24.3 Å². The number of benzene rings is 1. The summed E-state index contributed by atoms with van der Waals surface area (Å²) in [6.45, 7) is 7.78. The molecule has 0 unspecified atom stereocenters. The molecule has 29 heavy (non-hydrogen) atoms. The molecule has 0 amide bonds. The third kappa shape index (κ3) is 9.83. The van der Waals surface area contributed by atoms with Gasteiger partial charge in [0.15, 0.2) is 5.96 Å². The quantitative estimate of drug-likeness (QED) is 0.209. The van der Waals surface area contributed by atoms with Crippen LogP contribution in [0.15, 0.2) is 58.3 Å². The summed E-state index contributed by atoms with van der Waals surface area (Å²) in [6, 6.07) is 15.2. The molecule has 0 atom stereocenters. The van der Waals surface area contributed by atoms with Crippen molar-refractivity contribution in [1.29, 1.82) is 0 Å². The van der Waals surface area contributed by atoms with E-state index < -0.39 is 0 Å². The zero-order chi connectivity index (χ0) is 20.0. The van der Waals surface area contributed by atoms with E-state index in [0.717, 1.165) is 56.3 Å². The molecule has 1 aromatic heterocycles. The molecule has 0 saturated heterocycles. The molecule has 2 rings (SSSR count). The number of hydrogen-bond donors (Lipinski definition) is 2. The second-order valence-corrected chi connectivity index (χ2v) is 6.57. The molecule has 7 heteroatoms. The Kier molecular flexibility index (Phi) is 12.8. The van der Waals surface area contributed by atoms with Crippen molar-refractivity contribution >= 4 is 29.9 Å². The third-order valence-corrected chi connectivity index (χ3v) is 4.30. The Hall–Kier alpha value is -2.03. The average Bonchev–Trinajstić information content (AvgIpc) is 2.70. The van der Waals surface area contributed by atoms with Crippen molar-refractivity contribution in [2.45, 2.75) is 39.7 Å². The largest absolute Gasteiger partial charge is 0.494 e. The maximum atomic E-state index is 11.9. The van der Waals surface area contributed by atoms with Crippen LogP contribution in [0.25, 0.3) is 0 Å². The Morgan fingerprint density at radius 3 is 2.55 bits per heavy atom. The number of hydrogen-bond acceptors (Lipinski definition) is 3. The van der Waals surface area contributed by atoms with E-state index in [1.165, 1.54) is 0 Å². The molecule has 1 aromatic carbocycles. The fourth-order valence-corrected chi connectivity index (χ4v) is 2.82. The molecule has 0 bridgehead atoms. The van der Waals surface area contributed by atoms with E-state index in [1.807, 2.05) is 47.9 Å². The summed E-state index contributed by atoms with van der Waals surface area (Å²) >= 11 is 0. The molecule has 0 fully saturated rings. The zero-order valence-electron chi connectivity index (χ0n) is 17.4. The molecule has 160 valence electrons. The van der Waals surface area contributed by atoms with Gasteiger partial charge in [-0.25, -0.2) is 0 Å². The first-order chi connectivity index (χ1) is 13.7. The van der Waals surface area contributed by atoms with Crippen LogP contribution in [0, 0.1) is 6.92 Å². The van der Waals surface area contributed by atoms with Gasteiger partial charge in [-0.3, -0.25) is 9.79 Å². The molecule has 0 aliphatic rings. The number of para-hydroxylation sites is 1. The molecule has 1 heterocycles. The lowest BCUT2D eigenvalue weighted by molar-refractivity contribution is 0.313. The highest BCUT2D eigenvalue weighted by atomic mass is 127. The first kappa shape index (κ1) is 25.0. The highest BCUT2D eigenvalue weighted by molar-refractivity contribution is 14.0. The number of aliphatic imine (C=N–C) groups is 1. The van der Waals surface area contributed by atoms with E-state index in [9.17, 15) is 4.79 Å². The van der Waals surface area contributed by atoms with Gasteiger partial charge < -0.3 is 19.9 Å². The van der Waals surface area contributed by atoms with Gasteiger partial charge in [0, 0.05) is 44.4 Å². The lowest BCUT2D eigenvalue weighted by Crippen LogP contribution is -2.38. The maximum Gasteiger partial charge on any atom is 0.250 e. The van der Waals surface area contributed by atoms with Crippen LogP contribution in [0.3, 0.4) is 0 Å². The van der Waals surface area contributed by atoms with Crippen LogP contribution >= 0.6 is 24.0 Å². The smallest absolute Gasteiger partial charge is 0.250 e. The molecule has 0 aliphatic carbocycles. The first-order valence-corrected chi connectivity index (χ1v) is 10.1. The van der Waals surface area contributed by atoms with E-state index in [2.05, 4.69) is 22.5 Å². The van der Waals surface area contributed by atoms with Crippen molar-refractivity contribution in [2.75, 3.05) is 26.2 Å². The van der Waals surface area contributed by atoms with E-state index in [1.54, 1.807) is 12.1 Å². The fraction of sp³-hybridized carbons (Fsp3) is 0.455. The average molecular weight is 512 g/mol. The molecule has 0 saturated carbocycles. The van der Waals surface area contributed by atoms with Crippen LogP contribution in [0.5, 0.6) is 5.75 Å². The van der Waals surface area contributed by atoms with Gasteiger partial charge in [0.05, 0.1) is 6.61 Å². The Balaban J connectivity index is 0.00000420. The number of aryl methyl sites for hydroxylation is 1. The van der Waals surface area contributed by atoms with Gasteiger partial charge >= 0.3 is 0 Å². The van der Waals surface area contributed by atoms with Crippen LogP contribution in [0.2, 0.25) is 0 Å². The van der Waals surface area contributed by atoms with Gasteiger partial charge in [0.2, 0.25) is 0 Å². The minimum Gasteiger partial charge on any atom is -0.494 e. The summed E-state index contributed by atoms with van der Waals surface area (Å²) in [5, 5.41) is 6.62. The van der Waals surface area contributed by atoms with Crippen molar-refractivity contribution < 1.29 is 4.74 Å². The molecular weight excluding hydrogens is 479 g/mol. The normalized spacial score (nSPS) is 10.9. The van der Waals surface area contributed by atoms with Crippen molar-refractivity contribution in [2.24, 2.45) is 4.99 Å². The summed E-state index contributed by atoms with van der Waals surface area (Å²) in [5.41, 5.74) is 1.08. The minimum absolute atomic E-state index is 0. The lowest BCUT2D eigenvalue weighted by atomic mass is 10.3. The summed E-state index contributed by atoms with van der Waals surface area (Å²) in [5.74, 6) is 1.72. The van der Waals surface area contributed by atoms with Crippen molar-refractivity contribution in [3.05, 3.63) is 64.6 Å². The first-order valence-electron chi connectivity index (χ1n) is 10.1. The topological polar surface area (TPSA) is 67.7 Å². The number of pyridine rings is 1. The number of unbranched alkanes of at least 4 members (excludes halogenated alkanes) is 1. The standard InChI is InChI=1S/C22H32N4O2.HI/c1-3-23-22(25-16-10-18-28-20-12-5-4-6-13-20)24-15-7-8-17-26-19(2)11-9-14-21(26)27;/h4-6,9,11-14H,3,7-8,10,15-18H2,1-2H3,(H2,23,24,25);1H. The SMILES string of the molecule is CCNC(=NCCCOc1ccccc1)NCCCCn1c(C)cccc1=O.I. The summed E-state index contributed by atoms with van der Waals surface area (Å²) in [6.07, 6.45) is 2.78. The van der Waals surface area contributed by atoms with Crippen LogP contribution < -0.4 is 20.9 Å². The number of nitrogens with zero attached hydrogens (tertiary/aromatic N) is 2. The second-order valence-electron chi connectivity index (χ2n) is 6.57. The Morgan fingerprint density at radius 1 is 1.03 bits per heavy atom. The molecule has 0 spiro atoms. The summed E-state index contributed by atoms with van der Waals surface area (Å²) in [7, 11) is 0. The summed E-state index contributed by atoms with van der Waals surface area (Å²) in [4.78, 5) is 16.5. The number of aromatic nitrogens is 1. The Labute approximate surface area is 190 Å². The van der Waals surface area contributed by atoms with Crippen LogP contribution in [-0.2, 0) is 6.54 Å². The van der Waals surface area contributed by atoms with Gasteiger partial charge in [-0.05, 0) is 44.9 Å². The van der Waals surface area contributed by atoms with Gasteiger partial charge in [-0.15, -0.1) is 24.0 Å². The van der Waals surface area contributed by atoms with Crippen molar-refractivity contribution in [3.8, 4) is 5.75 Å².